The molecule has 4 rings (SSSR count). The summed E-state index contributed by atoms with van der Waals surface area (Å²) in [5.74, 6) is 1.53. The number of rotatable bonds is 6. The molecule has 0 amide bonds. The maximum absolute atomic E-state index is 12.4. The topological polar surface area (TPSA) is 94.3 Å². The monoisotopic (exact) mass is 407 g/mol. The highest BCUT2D eigenvalue weighted by Gasteiger charge is 2.14. The Bertz CT molecular complexity index is 1200. The molecule has 0 unspecified atom stereocenters. The summed E-state index contributed by atoms with van der Waals surface area (Å²) in [5, 5.41) is 4.00. The van der Waals surface area contributed by atoms with Crippen LogP contribution in [0.5, 0.6) is 5.75 Å². The molecule has 0 bridgehead atoms. The van der Waals surface area contributed by atoms with Crippen LogP contribution in [-0.4, -0.2) is 25.7 Å². The standard InChI is InChI=1S/C21H17N3O4S/c1-27-18-13-9-16(10-14-18)21-22-20(23-28-21)15-7-11-17(12-8-15)24-29(25,26)19-5-3-2-4-6-19/h2-14,24H,1H3. The summed E-state index contributed by atoms with van der Waals surface area (Å²) in [6.07, 6.45) is 0. The summed E-state index contributed by atoms with van der Waals surface area (Å²) < 4.78 is 37.8. The molecule has 4 aromatic rings. The fourth-order valence-corrected chi connectivity index (χ4v) is 3.77. The molecule has 8 heteroatoms. The molecule has 146 valence electrons. The Labute approximate surface area is 168 Å². The van der Waals surface area contributed by atoms with Gasteiger partial charge in [-0.05, 0) is 60.7 Å². The molecule has 0 saturated carbocycles. The number of methoxy groups -OCH3 is 1. The maximum Gasteiger partial charge on any atom is 0.261 e. The number of hydrogen-bond donors (Lipinski definition) is 1. The second kappa shape index (κ2) is 7.76. The third kappa shape index (κ3) is 4.12. The lowest BCUT2D eigenvalue weighted by Crippen LogP contribution is -2.12. The van der Waals surface area contributed by atoms with Crippen LogP contribution >= 0.6 is 0 Å². The molecule has 1 heterocycles. The number of ether oxygens (including phenoxy) is 1. The predicted molar refractivity (Wildman–Crippen MR) is 109 cm³/mol. The highest BCUT2D eigenvalue weighted by atomic mass is 32.2. The van der Waals surface area contributed by atoms with E-state index in [-0.39, 0.29) is 4.90 Å². The summed E-state index contributed by atoms with van der Waals surface area (Å²) in [6, 6.07) is 22.2. The van der Waals surface area contributed by atoms with Crippen molar-refractivity contribution in [3.05, 3.63) is 78.9 Å². The second-order valence-electron chi connectivity index (χ2n) is 6.15. The fourth-order valence-electron chi connectivity index (χ4n) is 2.69. The van der Waals surface area contributed by atoms with Crippen molar-refractivity contribution >= 4 is 15.7 Å². The van der Waals surface area contributed by atoms with Crippen LogP contribution in [0.1, 0.15) is 0 Å². The minimum Gasteiger partial charge on any atom is -0.497 e. The van der Waals surface area contributed by atoms with E-state index in [2.05, 4.69) is 14.9 Å². The third-order valence-corrected chi connectivity index (χ3v) is 5.61. The van der Waals surface area contributed by atoms with Crippen molar-refractivity contribution in [2.75, 3.05) is 11.8 Å². The van der Waals surface area contributed by atoms with Gasteiger partial charge in [0.25, 0.3) is 15.9 Å². The summed E-state index contributed by atoms with van der Waals surface area (Å²) >= 11 is 0. The van der Waals surface area contributed by atoms with Crippen molar-refractivity contribution in [2.24, 2.45) is 0 Å². The van der Waals surface area contributed by atoms with Crippen molar-refractivity contribution in [1.82, 2.24) is 10.1 Å². The normalized spacial score (nSPS) is 11.2. The van der Waals surface area contributed by atoms with Crippen LogP contribution in [0.15, 0.2) is 88.3 Å². The van der Waals surface area contributed by atoms with Crippen LogP contribution in [0, 0.1) is 0 Å². The van der Waals surface area contributed by atoms with Crippen LogP contribution < -0.4 is 9.46 Å². The molecule has 0 radical (unpaired) electrons. The van der Waals surface area contributed by atoms with Gasteiger partial charge < -0.3 is 9.26 Å². The zero-order valence-corrected chi connectivity index (χ0v) is 16.3. The lowest BCUT2D eigenvalue weighted by molar-refractivity contribution is 0.414. The van der Waals surface area contributed by atoms with Gasteiger partial charge in [0, 0.05) is 16.8 Å². The predicted octanol–water partition coefficient (Wildman–Crippen LogP) is 4.21. The molecule has 1 aromatic heterocycles. The molecule has 0 aliphatic rings. The molecular formula is C21H17N3O4S. The average Bonchev–Trinajstić information content (AvgIpc) is 3.25. The number of sulfonamides is 1. The van der Waals surface area contributed by atoms with Crippen molar-refractivity contribution < 1.29 is 17.7 Å². The third-order valence-electron chi connectivity index (χ3n) is 4.21. The van der Waals surface area contributed by atoms with Gasteiger partial charge in [-0.2, -0.15) is 4.98 Å². The van der Waals surface area contributed by atoms with E-state index in [1.165, 1.54) is 12.1 Å². The maximum atomic E-state index is 12.4. The Morgan fingerprint density at radius 1 is 0.862 bits per heavy atom. The summed E-state index contributed by atoms with van der Waals surface area (Å²) in [6.45, 7) is 0. The fraction of sp³-hybridized carbons (Fsp3) is 0.0476. The van der Waals surface area contributed by atoms with E-state index < -0.39 is 10.0 Å². The largest absolute Gasteiger partial charge is 0.497 e. The van der Waals surface area contributed by atoms with Crippen molar-refractivity contribution in [3.8, 4) is 28.6 Å². The molecule has 0 spiro atoms. The second-order valence-corrected chi connectivity index (χ2v) is 7.83. The molecule has 29 heavy (non-hydrogen) atoms. The quantitative estimate of drug-likeness (QED) is 0.514. The SMILES string of the molecule is COc1ccc(-c2nc(-c3ccc(NS(=O)(=O)c4ccccc4)cc3)no2)cc1. The summed E-state index contributed by atoms with van der Waals surface area (Å²) in [4.78, 5) is 4.60. The molecule has 7 nitrogen and oxygen atoms in total. The van der Waals surface area contributed by atoms with E-state index in [0.29, 0.717) is 23.0 Å². The zero-order chi connectivity index (χ0) is 20.3. The number of nitrogens with zero attached hydrogens (tertiary/aromatic N) is 2. The Morgan fingerprint density at radius 2 is 1.52 bits per heavy atom. The Hall–Kier alpha value is -3.65. The molecular weight excluding hydrogens is 390 g/mol. The minimum absolute atomic E-state index is 0.200. The van der Waals surface area contributed by atoms with Gasteiger partial charge in [-0.25, -0.2) is 8.42 Å². The van der Waals surface area contributed by atoms with Gasteiger partial charge >= 0.3 is 0 Å². The van der Waals surface area contributed by atoms with Gasteiger partial charge in [-0.3, -0.25) is 4.72 Å². The van der Waals surface area contributed by atoms with Crippen LogP contribution in [0.3, 0.4) is 0 Å². The molecule has 0 aliphatic heterocycles. The number of nitrogens with one attached hydrogen (secondary N) is 1. The van der Waals surface area contributed by atoms with E-state index in [0.717, 1.165) is 11.3 Å². The van der Waals surface area contributed by atoms with Gasteiger partial charge in [0.15, 0.2) is 0 Å². The molecule has 0 atom stereocenters. The molecule has 0 fully saturated rings. The van der Waals surface area contributed by atoms with E-state index in [1.807, 2.05) is 24.3 Å². The lowest BCUT2D eigenvalue weighted by atomic mass is 10.2. The number of hydrogen-bond acceptors (Lipinski definition) is 6. The lowest BCUT2D eigenvalue weighted by Gasteiger charge is -2.08. The van der Waals surface area contributed by atoms with Gasteiger partial charge in [0.1, 0.15) is 5.75 Å². The molecule has 0 saturated heterocycles. The van der Waals surface area contributed by atoms with Gasteiger partial charge in [0.05, 0.1) is 12.0 Å². The average molecular weight is 407 g/mol. The molecule has 0 aliphatic carbocycles. The Balaban J connectivity index is 1.52. The van der Waals surface area contributed by atoms with E-state index in [4.69, 9.17) is 9.26 Å². The van der Waals surface area contributed by atoms with E-state index in [9.17, 15) is 8.42 Å². The van der Waals surface area contributed by atoms with E-state index >= 15 is 0 Å². The van der Waals surface area contributed by atoms with Gasteiger partial charge in [-0.15, -0.1) is 0 Å². The van der Waals surface area contributed by atoms with Crippen LogP contribution in [0.4, 0.5) is 5.69 Å². The first kappa shape index (κ1) is 18.7. The zero-order valence-electron chi connectivity index (χ0n) is 15.4. The van der Waals surface area contributed by atoms with Crippen LogP contribution in [-0.2, 0) is 10.0 Å². The van der Waals surface area contributed by atoms with Crippen LogP contribution in [0.2, 0.25) is 0 Å². The first-order chi connectivity index (χ1) is 14.0. The highest BCUT2D eigenvalue weighted by molar-refractivity contribution is 7.92. The summed E-state index contributed by atoms with van der Waals surface area (Å²) in [7, 11) is -2.04. The first-order valence-corrected chi connectivity index (χ1v) is 10.2. The smallest absolute Gasteiger partial charge is 0.261 e. The van der Waals surface area contributed by atoms with E-state index in [1.54, 1.807) is 49.6 Å². The van der Waals surface area contributed by atoms with Gasteiger partial charge in [-0.1, -0.05) is 23.4 Å². The number of aromatic nitrogens is 2. The Kier molecular flexibility index (Phi) is 5.01. The Morgan fingerprint density at radius 3 is 2.17 bits per heavy atom. The molecule has 1 N–H and O–H groups in total. The number of benzene rings is 3. The molecule has 3 aromatic carbocycles. The minimum atomic E-state index is -3.64. The van der Waals surface area contributed by atoms with Crippen molar-refractivity contribution in [2.45, 2.75) is 4.90 Å². The highest BCUT2D eigenvalue weighted by Crippen LogP contribution is 2.25. The van der Waals surface area contributed by atoms with Gasteiger partial charge in [0.2, 0.25) is 5.82 Å². The van der Waals surface area contributed by atoms with Crippen molar-refractivity contribution in [3.63, 3.8) is 0 Å². The first-order valence-electron chi connectivity index (χ1n) is 8.71. The number of anilines is 1. The van der Waals surface area contributed by atoms with Crippen molar-refractivity contribution in [1.29, 1.82) is 0 Å². The summed E-state index contributed by atoms with van der Waals surface area (Å²) in [5.41, 5.74) is 1.92. The van der Waals surface area contributed by atoms with Crippen LogP contribution in [0.25, 0.3) is 22.8 Å².